The Morgan fingerprint density at radius 3 is 2.33 bits per heavy atom. The van der Waals surface area contributed by atoms with Crippen molar-refractivity contribution < 1.29 is 4.79 Å². The summed E-state index contributed by atoms with van der Waals surface area (Å²) in [6, 6.07) is 16.9. The fourth-order valence-electron chi connectivity index (χ4n) is 2.51. The summed E-state index contributed by atoms with van der Waals surface area (Å²) in [5.41, 5.74) is 7.81. The van der Waals surface area contributed by atoms with E-state index in [2.05, 4.69) is 19.2 Å². The lowest BCUT2D eigenvalue weighted by Gasteiger charge is -2.27. The Morgan fingerprint density at radius 1 is 1.12 bits per heavy atom. The molecule has 0 heterocycles. The highest BCUT2D eigenvalue weighted by molar-refractivity contribution is 6.31. The monoisotopic (exact) mass is 366 g/mol. The lowest BCUT2D eigenvalue weighted by molar-refractivity contribution is -0.122. The van der Waals surface area contributed by atoms with E-state index in [1.165, 1.54) is 0 Å². The zero-order valence-corrected chi connectivity index (χ0v) is 15.5. The van der Waals surface area contributed by atoms with Crippen LogP contribution >= 0.6 is 24.0 Å². The second-order valence-corrected chi connectivity index (χ2v) is 6.78. The summed E-state index contributed by atoms with van der Waals surface area (Å²) in [6.07, 6.45) is 0.527. The molecule has 0 aliphatic rings. The highest BCUT2D eigenvalue weighted by Crippen LogP contribution is 2.28. The average molecular weight is 367 g/mol. The zero-order valence-electron chi connectivity index (χ0n) is 14.0. The van der Waals surface area contributed by atoms with Crippen molar-refractivity contribution in [2.24, 2.45) is 5.73 Å². The molecule has 3 nitrogen and oxygen atoms in total. The van der Waals surface area contributed by atoms with Gasteiger partial charge < -0.3 is 11.1 Å². The molecule has 1 atom stereocenters. The maximum absolute atomic E-state index is 12.2. The van der Waals surface area contributed by atoms with E-state index in [4.69, 9.17) is 17.3 Å². The van der Waals surface area contributed by atoms with Gasteiger partial charge in [-0.25, -0.2) is 0 Å². The van der Waals surface area contributed by atoms with Gasteiger partial charge in [0.2, 0.25) is 5.91 Å². The number of rotatable bonds is 6. The predicted octanol–water partition coefficient (Wildman–Crippen LogP) is 3.73. The molecular weight excluding hydrogens is 343 g/mol. The van der Waals surface area contributed by atoms with Crippen LogP contribution in [0.3, 0.4) is 0 Å². The second kappa shape index (κ2) is 9.07. The fraction of sp³-hybridized carbons (Fsp3) is 0.316. The van der Waals surface area contributed by atoms with E-state index >= 15 is 0 Å². The predicted molar refractivity (Wildman–Crippen MR) is 103 cm³/mol. The van der Waals surface area contributed by atoms with E-state index in [0.29, 0.717) is 18.0 Å². The quantitative estimate of drug-likeness (QED) is 0.818. The van der Waals surface area contributed by atoms with Crippen LogP contribution in [-0.2, 0) is 16.6 Å². The highest BCUT2D eigenvalue weighted by Gasteiger charge is 2.25. The first-order valence-electron chi connectivity index (χ1n) is 7.72. The standard InChI is InChI=1S/C19H23ClN2O.ClH/c1-19(2,15-10-6-7-11-16(15)20)13-22-18(23)17(21)12-14-8-4-3-5-9-14;/h3-11,17H,12-13,21H2,1-2H3,(H,22,23);1H/t17-;/m0./s1. The first-order valence-corrected chi connectivity index (χ1v) is 8.10. The molecule has 0 spiro atoms. The van der Waals surface area contributed by atoms with Crippen LogP contribution in [0.15, 0.2) is 54.6 Å². The molecule has 2 rings (SSSR count). The molecule has 0 saturated heterocycles. The fourth-order valence-corrected chi connectivity index (χ4v) is 2.90. The van der Waals surface area contributed by atoms with Gasteiger partial charge in [0.05, 0.1) is 6.04 Å². The minimum absolute atomic E-state index is 0. The minimum Gasteiger partial charge on any atom is -0.354 e. The van der Waals surface area contributed by atoms with Crippen molar-refractivity contribution in [3.63, 3.8) is 0 Å². The van der Waals surface area contributed by atoms with Crippen molar-refractivity contribution in [2.45, 2.75) is 31.7 Å². The van der Waals surface area contributed by atoms with Crippen molar-refractivity contribution >= 4 is 29.9 Å². The van der Waals surface area contributed by atoms with Gasteiger partial charge in [0.15, 0.2) is 0 Å². The lowest BCUT2D eigenvalue weighted by Crippen LogP contribution is -2.46. The van der Waals surface area contributed by atoms with Crippen molar-refractivity contribution in [1.29, 1.82) is 0 Å². The molecule has 0 aliphatic heterocycles. The molecule has 2 aromatic rings. The number of hydrogen-bond donors (Lipinski definition) is 2. The summed E-state index contributed by atoms with van der Waals surface area (Å²) >= 11 is 6.26. The van der Waals surface area contributed by atoms with E-state index in [0.717, 1.165) is 11.1 Å². The summed E-state index contributed by atoms with van der Waals surface area (Å²) in [5, 5.41) is 3.65. The van der Waals surface area contributed by atoms with Gasteiger partial charge in [0.1, 0.15) is 0 Å². The van der Waals surface area contributed by atoms with Crippen molar-refractivity contribution in [2.75, 3.05) is 6.54 Å². The van der Waals surface area contributed by atoms with Gasteiger partial charge in [0.25, 0.3) is 0 Å². The van der Waals surface area contributed by atoms with Gasteiger partial charge in [0, 0.05) is 17.0 Å². The SMILES string of the molecule is CC(C)(CNC(=O)[C@@H](N)Cc1ccccc1)c1ccccc1Cl.Cl. The number of halogens is 2. The molecule has 0 radical (unpaired) electrons. The Morgan fingerprint density at radius 2 is 1.71 bits per heavy atom. The lowest BCUT2D eigenvalue weighted by atomic mass is 9.84. The Labute approximate surface area is 155 Å². The topological polar surface area (TPSA) is 55.1 Å². The molecule has 0 aromatic heterocycles. The molecule has 130 valence electrons. The van der Waals surface area contributed by atoms with Crippen LogP contribution < -0.4 is 11.1 Å². The largest absolute Gasteiger partial charge is 0.354 e. The van der Waals surface area contributed by atoms with E-state index in [1.807, 2.05) is 54.6 Å². The second-order valence-electron chi connectivity index (χ2n) is 6.38. The van der Waals surface area contributed by atoms with Gasteiger partial charge in [-0.1, -0.05) is 74.0 Å². The number of amides is 1. The van der Waals surface area contributed by atoms with Crippen LogP contribution in [-0.4, -0.2) is 18.5 Å². The van der Waals surface area contributed by atoms with Crippen LogP contribution in [0.4, 0.5) is 0 Å². The molecule has 0 saturated carbocycles. The van der Waals surface area contributed by atoms with Crippen molar-refractivity contribution in [1.82, 2.24) is 5.32 Å². The highest BCUT2D eigenvalue weighted by atomic mass is 35.5. The molecule has 1 amide bonds. The maximum Gasteiger partial charge on any atom is 0.237 e. The average Bonchev–Trinajstić information content (AvgIpc) is 2.54. The molecule has 0 aliphatic carbocycles. The number of nitrogens with one attached hydrogen (secondary N) is 1. The Kier molecular flexibility index (Phi) is 7.74. The third kappa shape index (κ3) is 5.52. The van der Waals surface area contributed by atoms with E-state index < -0.39 is 6.04 Å². The third-order valence-corrected chi connectivity index (χ3v) is 4.27. The van der Waals surface area contributed by atoms with Gasteiger partial charge >= 0.3 is 0 Å². The van der Waals surface area contributed by atoms with Crippen LogP contribution in [0.25, 0.3) is 0 Å². The van der Waals surface area contributed by atoms with Gasteiger partial charge in [-0.2, -0.15) is 0 Å². The Balaban J connectivity index is 0.00000288. The normalized spacial score (nSPS) is 12.2. The van der Waals surface area contributed by atoms with Crippen LogP contribution in [0.1, 0.15) is 25.0 Å². The maximum atomic E-state index is 12.2. The zero-order chi connectivity index (χ0) is 16.9. The molecule has 2 aromatic carbocycles. The van der Waals surface area contributed by atoms with Crippen molar-refractivity contribution in [3.05, 3.63) is 70.7 Å². The van der Waals surface area contributed by atoms with E-state index in [9.17, 15) is 4.79 Å². The first kappa shape index (κ1) is 20.5. The Bertz CT molecular complexity index is 659. The summed E-state index contributed by atoms with van der Waals surface area (Å²) in [6.45, 7) is 4.59. The van der Waals surface area contributed by atoms with Crippen molar-refractivity contribution in [3.8, 4) is 0 Å². The minimum atomic E-state index is -0.556. The molecule has 24 heavy (non-hydrogen) atoms. The summed E-state index contributed by atoms with van der Waals surface area (Å²) < 4.78 is 0. The number of hydrogen-bond acceptors (Lipinski definition) is 2. The molecule has 0 bridgehead atoms. The van der Waals surface area contributed by atoms with E-state index in [-0.39, 0.29) is 23.7 Å². The number of benzene rings is 2. The van der Waals surface area contributed by atoms with Gasteiger partial charge in [-0.05, 0) is 23.6 Å². The smallest absolute Gasteiger partial charge is 0.237 e. The number of carbonyl (C=O) groups excluding carboxylic acids is 1. The van der Waals surface area contributed by atoms with Gasteiger partial charge in [-0.3, -0.25) is 4.79 Å². The van der Waals surface area contributed by atoms with Crippen LogP contribution in [0.5, 0.6) is 0 Å². The molecule has 0 fully saturated rings. The summed E-state index contributed by atoms with van der Waals surface area (Å²) in [4.78, 5) is 12.2. The van der Waals surface area contributed by atoms with Gasteiger partial charge in [-0.15, -0.1) is 12.4 Å². The molecule has 0 unspecified atom stereocenters. The van der Waals surface area contributed by atoms with Crippen LogP contribution in [0.2, 0.25) is 5.02 Å². The summed E-state index contributed by atoms with van der Waals surface area (Å²) in [7, 11) is 0. The summed E-state index contributed by atoms with van der Waals surface area (Å²) in [5.74, 6) is -0.144. The Hall–Kier alpha value is -1.55. The molecule has 5 heteroatoms. The number of carbonyl (C=O) groups is 1. The third-order valence-electron chi connectivity index (χ3n) is 3.94. The van der Waals surface area contributed by atoms with E-state index in [1.54, 1.807) is 0 Å². The molecule has 3 N–H and O–H groups in total. The first-order chi connectivity index (χ1) is 10.9. The molecular formula is C19H24Cl2N2O. The number of nitrogens with two attached hydrogens (primary N) is 1. The van der Waals surface area contributed by atoms with Crippen LogP contribution in [0, 0.1) is 0 Å².